The summed E-state index contributed by atoms with van der Waals surface area (Å²) in [5.74, 6) is -0.0143. The van der Waals surface area contributed by atoms with E-state index in [1.807, 2.05) is 0 Å². The maximum atomic E-state index is 12.1. The molecule has 0 N–H and O–H groups in total. The van der Waals surface area contributed by atoms with E-state index < -0.39 is 0 Å². The molecule has 0 saturated carbocycles. The quantitative estimate of drug-likeness (QED) is 0.800. The zero-order valence-electron chi connectivity index (χ0n) is 9.89. The van der Waals surface area contributed by atoms with Crippen LogP contribution in [0.25, 0.3) is 0 Å². The summed E-state index contributed by atoms with van der Waals surface area (Å²) in [5, 5.41) is 3.65. The topological polar surface area (TPSA) is 63.4 Å². The van der Waals surface area contributed by atoms with Crippen molar-refractivity contribution in [3.05, 3.63) is 18.0 Å². The SMILES string of the molecule is CC(=O)CC1CCCCN1C(=O)c1ccon1. The third-order valence-corrected chi connectivity index (χ3v) is 3.07. The Morgan fingerprint density at radius 2 is 2.35 bits per heavy atom. The Labute approximate surface area is 99.8 Å². The number of hydrogen-bond acceptors (Lipinski definition) is 4. The summed E-state index contributed by atoms with van der Waals surface area (Å²) >= 11 is 0. The first-order valence-corrected chi connectivity index (χ1v) is 5.89. The van der Waals surface area contributed by atoms with Crippen molar-refractivity contribution >= 4 is 11.7 Å². The number of ketones is 1. The van der Waals surface area contributed by atoms with Gasteiger partial charge < -0.3 is 9.42 Å². The van der Waals surface area contributed by atoms with Crippen molar-refractivity contribution in [3.8, 4) is 0 Å². The molecule has 1 amide bonds. The van der Waals surface area contributed by atoms with Gasteiger partial charge in [0, 0.05) is 25.1 Å². The molecule has 17 heavy (non-hydrogen) atoms. The van der Waals surface area contributed by atoms with Gasteiger partial charge in [-0.3, -0.25) is 9.59 Å². The van der Waals surface area contributed by atoms with Crippen LogP contribution in [0.5, 0.6) is 0 Å². The normalized spacial score (nSPS) is 20.3. The van der Waals surface area contributed by atoms with Gasteiger partial charge in [-0.15, -0.1) is 0 Å². The summed E-state index contributed by atoms with van der Waals surface area (Å²) in [6.45, 7) is 2.26. The van der Waals surface area contributed by atoms with E-state index in [0.29, 0.717) is 18.7 Å². The third kappa shape index (κ3) is 2.72. The first kappa shape index (κ1) is 11.8. The van der Waals surface area contributed by atoms with Crippen LogP contribution in [0.1, 0.15) is 43.1 Å². The third-order valence-electron chi connectivity index (χ3n) is 3.07. The molecule has 1 saturated heterocycles. The highest BCUT2D eigenvalue weighted by atomic mass is 16.5. The van der Waals surface area contributed by atoms with Crippen molar-refractivity contribution in [1.29, 1.82) is 0 Å². The van der Waals surface area contributed by atoms with Crippen molar-refractivity contribution < 1.29 is 14.1 Å². The number of Topliss-reactive ketones (excluding diaryl/α,β-unsaturated/α-hetero) is 1. The van der Waals surface area contributed by atoms with E-state index in [4.69, 9.17) is 0 Å². The molecule has 0 aromatic carbocycles. The van der Waals surface area contributed by atoms with Crippen LogP contribution in [0.4, 0.5) is 0 Å². The second kappa shape index (κ2) is 5.12. The number of rotatable bonds is 3. The van der Waals surface area contributed by atoms with Crippen molar-refractivity contribution in [2.24, 2.45) is 0 Å². The summed E-state index contributed by atoms with van der Waals surface area (Å²) in [6.07, 6.45) is 4.77. The lowest BCUT2D eigenvalue weighted by atomic mass is 9.97. The molecule has 0 bridgehead atoms. The van der Waals surface area contributed by atoms with E-state index in [0.717, 1.165) is 19.3 Å². The van der Waals surface area contributed by atoms with Gasteiger partial charge in [-0.05, 0) is 26.2 Å². The monoisotopic (exact) mass is 236 g/mol. The average molecular weight is 236 g/mol. The van der Waals surface area contributed by atoms with E-state index >= 15 is 0 Å². The van der Waals surface area contributed by atoms with Crippen molar-refractivity contribution in [1.82, 2.24) is 10.1 Å². The molecular weight excluding hydrogens is 220 g/mol. The lowest BCUT2D eigenvalue weighted by Gasteiger charge is -2.34. The second-order valence-electron chi connectivity index (χ2n) is 4.44. The Bertz CT molecular complexity index is 400. The molecule has 1 aromatic rings. The maximum absolute atomic E-state index is 12.1. The molecule has 1 aliphatic heterocycles. The molecule has 2 rings (SSSR count). The van der Waals surface area contributed by atoms with Crippen LogP contribution in [-0.2, 0) is 4.79 Å². The fourth-order valence-corrected chi connectivity index (χ4v) is 2.28. The lowest BCUT2D eigenvalue weighted by molar-refractivity contribution is -0.118. The van der Waals surface area contributed by atoms with E-state index in [9.17, 15) is 9.59 Å². The summed E-state index contributed by atoms with van der Waals surface area (Å²) in [7, 11) is 0. The molecule has 0 aliphatic carbocycles. The minimum absolute atomic E-state index is 0.0189. The Morgan fingerprint density at radius 3 is 3.00 bits per heavy atom. The number of aromatic nitrogens is 1. The van der Waals surface area contributed by atoms with E-state index in [2.05, 4.69) is 9.68 Å². The number of nitrogens with zero attached hydrogens (tertiary/aromatic N) is 2. The van der Waals surface area contributed by atoms with Crippen molar-refractivity contribution in [2.45, 2.75) is 38.6 Å². The molecule has 1 aromatic heterocycles. The predicted molar refractivity (Wildman–Crippen MR) is 60.5 cm³/mol. The van der Waals surface area contributed by atoms with Crippen molar-refractivity contribution in [2.75, 3.05) is 6.54 Å². The summed E-state index contributed by atoms with van der Waals surface area (Å²) in [5.41, 5.74) is 0.320. The first-order valence-electron chi connectivity index (χ1n) is 5.89. The molecule has 0 radical (unpaired) electrons. The highest BCUT2D eigenvalue weighted by Gasteiger charge is 2.29. The van der Waals surface area contributed by atoms with E-state index in [1.54, 1.807) is 17.9 Å². The fourth-order valence-electron chi connectivity index (χ4n) is 2.28. The van der Waals surface area contributed by atoms with Crippen LogP contribution in [0.3, 0.4) is 0 Å². The number of hydrogen-bond donors (Lipinski definition) is 0. The minimum atomic E-state index is -0.135. The van der Waals surface area contributed by atoms with Gasteiger partial charge in [-0.2, -0.15) is 0 Å². The molecule has 5 heteroatoms. The highest BCUT2D eigenvalue weighted by Crippen LogP contribution is 2.21. The van der Waals surface area contributed by atoms with Crippen LogP contribution in [0.15, 0.2) is 16.9 Å². The lowest BCUT2D eigenvalue weighted by Crippen LogP contribution is -2.44. The standard InChI is InChI=1S/C12H16N2O3/c1-9(15)8-10-4-2-3-6-14(10)12(16)11-5-7-17-13-11/h5,7,10H,2-4,6,8H2,1H3. The van der Waals surface area contributed by atoms with Gasteiger partial charge in [0.2, 0.25) is 0 Å². The van der Waals surface area contributed by atoms with Crippen LogP contribution in [0.2, 0.25) is 0 Å². The molecule has 1 atom stereocenters. The largest absolute Gasteiger partial charge is 0.364 e. The van der Waals surface area contributed by atoms with Gasteiger partial charge in [-0.1, -0.05) is 5.16 Å². The number of likely N-dealkylation sites (tertiary alicyclic amines) is 1. The molecule has 92 valence electrons. The molecular formula is C12H16N2O3. The highest BCUT2D eigenvalue weighted by molar-refractivity contribution is 5.92. The Kier molecular flexibility index (Phi) is 3.56. The van der Waals surface area contributed by atoms with Gasteiger partial charge in [0.1, 0.15) is 12.0 Å². The zero-order chi connectivity index (χ0) is 12.3. The van der Waals surface area contributed by atoms with E-state index in [-0.39, 0.29) is 17.7 Å². The molecule has 1 aliphatic rings. The minimum Gasteiger partial charge on any atom is -0.364 e. The zero-order valence-corrected chi connectivity index (χ0v) is 9.89. The van der Waals surface area contributed by atoms with Gasteiger partial charge in [0.15, 0.2) is 5.69 Å². The van der Waals surface area contributed by atoms with Crippen molar-refractivity contribution in [3.63, 3.8) is 0 Å². The molecule has 1 fully saturated rings. The van der Waals surface area contributed by atoms with Gasteiger partial charge >= 0.3 is 0 Å². The first-order chi connectivity index (χ1) is 8.18. The number of amides is 1. The van der Waals surface area contributed by atoms with Gasteiger partial charge in [0.05, 0.1) is 0 Å². The van der Waals surface area contributed by atoms with Crippen LogP contribution in [-0.4, -0.2) is 34.3 Å². The summed E-state index contributed by atoms with van der Waals surface area (Å²) in [4.78, 5) is 25.1. The van der Waals surface area contributed by atoms with Gasteiger partial charge in [0.25, 0.3) is 5.91 Å². The molecule has 0 spiro atoms. The smallest absolute Gasteiger partial charge is 0.276 e. The Balaban J connectivity index is 2.10. The fraction of sp³-hybridized carbons (Fsp3) is 0.583. The summed E-state index contributed by atoms with van der Waals surface area (Å²) < 4.78 is 4.68. The average Bonchev–Trinajstić information content (AvgIpc) is 2.81. The van der Waals surface area contributed by atoms with Crippen LogP contribution >= 0.6 is 0 Å². The maximum Gasteiger partial charge on any atom is 0.276 e. The number of carbonyl (C=O) groups excluding carboxylic acids is 2. The van der Waals surface area contributed by atoms with Crippen LogP contribution < -0.4 is 0 Å². The number of piperidine rings is 1. The Morgan fingerprint density at radius 1 is 1.53 bits per heavy atom. The molecule has 5 nitrogen and oxygen atoms in total. The van der Waals surface area contributed by atoms with E-state index in [1.165, 1.54) is 6.26 Å². The Hall–Kier alpha value is -1.65. The predicted octanol–water partition coefficient (Wildman–Crippen LogP) is 1.65. The summed E-state index contributed by atoms with van der Waals surface area (Å²) in [6, 6.07) is 1.58. The second-order valence-corrected chi connectivity index (χ2v) is 4.44. The van der Waals surface area contributed by atoms with Gasteiger partial charge in [-0.25, -0.2) is 0 Å². The van der Waals surface area contributed by atoms with Crippen LogP contribution in [0, 0.1) is 0 Å². The molecule has 1 unspecified atom stereocenters. The molecule has 2 heterocycles. The number of carbonyl (C=O) groups is 2.